The summed E-state index contributed by atoms with van der Waals surface area (Å²) in [6.07, 6.45) is -0.828. The standard InChI is InChI=1S/C12H12BrNO3S2/c13-9-3-5-10(6-4-9)19(16,17)14-8-11(15)12-2-1-7-18-12/h1-7,11,14-15H,8H2. The number of sulfonamides is 1. The molecule has 7 heteroatoms. The first-order chi connectivity index (χ1) is 8.99. The van der Waals surface area contributed by atoms with E-state index in [0.29, 0.717) is 0 Å². The molecule has 1 aromatic carbocycles. The molecule has 1 unspecified atom stereocenters. The number of thiophene rings is 1. The van der Waals surface area contributed by atoms with Crippen molar-refractivity contribution in [1.29, 1.82) is 0 Å². The largest absolute Gasteiger partial charge is 0.386 e. The second kappa shape index (κ2) is 6.15. The molecule has 0 saturated heterocycles. The molecule has 0 fully saturated rings. The highest BCUT2D eigenvalue weighted by Crippen LogP contribution is 2.19. The van der Waals surface area contributed by atoms with Gasteiger partial charge in [0.05, 0.1) is 4.90 Å². The van der Waals surface area contributed by atoms with Gasteiger partial charge in [0.15, 0.2) is 0 Å². The van der Waals surface area contributed by atoms with Gasteiger partial charge in [0.1, 0.15) is 6.10 Å². The van der Waals surface area contributed by atoms with Gasteiger partial charge in [-0.3, -0.25) is 0 Å². The van der Waals surface area contributed by atoms with Crippen molar-refractivity contribution < 1.29 is 13.5 Å². The van der Waals surface area contributed by atoms with Crippen molar-refractivity contribution in [3.63, 3.8) is 0 Å². The molecule has 102 valence electrons. The van der Waals surface area contributed by atoms with Crippen LogP contribution in [0.3, 0.4) is 0 Å². The highest BCUT2D eigenvalue weighted by Gasteiger charge is 2.16. The van der Waals surface area contributed by atoms with Crippen molar-refractivity contribution in [1.82, 2.24) is 4.72 Å². The van der Waals surface area contributed by atoms with Crippen LogP contribution in [-0.2, 0) is 10.0 Å². The second-order valence-corrected chi connectivity index (χ2v) is 7.50. The first-order valence-corrected chi connectivity index (χ1v) is 8.61. The van der Waals surface area contributed by atoms with E-state index in [-0.39, 0.29) is 11.4 Å². The minimum Gasteiger partial charge on any atom is -0.386 e. The van der Waals surface area contributed by atoms with Gasteiger partial charge in [-0.15, -0.1) is 11.3 Å². The monoisotopic (exact) mass is 361 g/mol. The van der Waals surface area contributed by atoms with Crippen LogP contribution in [0.1, 0.15) is 11.0 Å². The number of aliphatic hydroxyl groups excluding tert-OH is 1. The third-order valence-corrected chi connectivity index (χ3v) is 5.40. The molecule has 0 spiro atoms. The number of hydrogen-bond donors (Lipinski definition) is 2. The number of nitrogens with one attached hydrogen (secondary N) is 1. The Hall–Kier alpha value is -0.730. The summed E-state index contributed by atoms with van der Waals surface area (Å²) in [6, 6.07) is 9.90. The number of benzene rings is 1. The summed E-state index contributed by atoms with van der Waals surface area (Å²) in [5, 5.41) is 11.7. The zero-order chi connectivity index (χ0) is 13.9. The summed E-state index contributed by atoms with van der Waals surface area (Å²) < 4.78 is 27.2. The minimum atomic E-state index is -3.59. The third-order valence-electron chi connectivity index (χ3n) is 2.46. The fraction of sp³-hybridized carbons (Fsp3) is 0.167. The van der Waals surface area contributed by atoms with Gasteiger partial charge < -0.3 is 5.11 Å². The number of rotatable bonds is 5. The molecule has 0 aliphatic rings. The van der Waals surface area contributed by atoms with Crippen LogP contribution in [0.25, 0.3) is 0 Å². The molecule has 0 bridgehead atoms. The summed E-state index contributed by atoms with van der Waals surface area (Å²) in [5.74, 6) is 0. The van der Waals surface area contributed by atoms with Crippen molar-refractivity contribution in [2.24, 2.45) is 0 Å². The maximum Gasteiger partial charge on any atom is 0.240 e. The van der Waals surface area contributed by atoms with Crippen LogP contribution >= 0.6 is 27.3 Å². The van der Waals surface area contributed by atoms with E-state index < -0.39 is 16.1 Å². The highest BCUT2D eigenvalue weighted by atomic mass is 79.9. The van der Waals surface area contributed by atoms with Gasteiger partial charge in [-0.05, 0) is 35.7 Å². The maximum atomic E-state index is 12.0. The Bertz CT molecular complexity index is 624. The molecule has 1 atom stereocenters. The van der Waals surface area contributed by atoms with E-state index >= 15 is 0 Å². The molecule has 2 rings (SSSR count). The summed E-state index contributed by atoms with van der Waals surface area (Å²) in [6.45, 7) is -0.0427. The average Bonchev–Trinajstić information content (AvgIpc) is 2.90. The van der Waals surface area contributed by atoms with Gasteiger partial charge in [-0.25, -0.2) is 13.1 Å². The van der Waals surface area contributed by atoms with E-state index in [1.54, 1.807) is 18.2 Å². The van der Waals surface area contributed by atoms with Crippen LogP contribution in [0.5, 0.6) is 0 Å². The van der Waals surface area contributed by atoms with E-state index in [1.165, 1.54) is 23.5 Å². The maximum absolute atomic E-state index is 12.0. The fourth-order valence-electron chi connectivity index (χ4n) is 1.47. The lowest BCUT2D eigenvalue weighted by molar-refractivity contribution is 0.186. The van der Waals surface area contributed by atoms with Crippen LogP contribution in [0.4, 0.5) is 0 Å². The van der Waals surface area contributed by atoms with Gasteiger partial charge in [0.2, 0.25) is 10.0 Å². The Balaban J connectivity index is 2.04. The molecule has 2 aromatic rings. The van der Waals surface area contributed by atoms with Gasteiger partial charge in [0.25, 0.3) is 0 Å². The van der Waals surface area contributed by atoms with E-state index in [0.717, 1.165) is 9.35 Å². The van der Waals surface area contributed by atoms with Gasteiger partial charge in [-0.1, -0.05) is 22.0 Å². The van der Waals surface area contributed by atoms with Gasteiger partial charge in [-0.2, -0.15) is 0 Å². The first-order valence-electron chi connectivity index (χ1n) is 5.46. The smallest absolute Gasteiger partial charge is 0.240 e. The summed E-state index contributed by atoms with van der Waals surface area (Å²) in [7, 11) is -3.59. The highest BCUT2D eigenvalue weighted by molar-refractivity contribution is 9.10. The average molecular weight is 362 g/mol. The molecular weight excluding hydrogens is 350 g/mol. The lowest BCUT2D eigenvalue weighted by Gasteiger charge is -2.11. The van der Waals surface area contributed by atoms with Gasteiger partial charge in [0, 0.05) is 15.9 Å². The Morgan fingerprint density at radius 1 is 1.26 bits per heavy atom. The summed E-state index contributed by atoms with van der Waals surface area (Å²) >= 11 is 4.64. The summed E-state index contributed by atoms with van der Waals surface area (Å²) in [5.41, 5.74) is 0. The Kier molecular flexibility index (Phi) is 4.75. The quantitative estimate of drug-likeness (QED) is 0.859. The Morgan fingerprint density at radius 2 is 1.95 bits per heavy atom. The molecule has 0 aliphatic carbocycles. The topological polar surface area (TPSA) is 66.4 Å². The lowest BCUT2D eigenvalue weighted by Crippen LogP contribution is -2.28. The van der Waals surface area contributed by atoms with E-state index in [9.17, 15) is 13.5 Å². The third kappa shape index (κ3) is 3.87. The van der Waals surface area contributed by atoms with Crippen molar-refractivity contribution in [3.8, 4) is 0 Å². The van der Waals surface area contributed by atoms with E-state index in [4.69, 9.17) is 0 Å². The van der Waals surface area contributed by atoms with Crippen molar-refractivity contribution >= 4 is 37.3 Å². The molecule has 4 nitrogen and oxygen atoms in total. The van der Waals surface area contributed by atoms with Crippen LogP contribution < -0.4 is 4.72 Å². The molecular formula is C12H12BrNO3S2. The van der Waals surface area contributed by atoms with Crippen LogP contribution in [-0.4, -0.2) is 20.1 Å². The molecule has 1 heterocycles. The van der Waals surface area contributed by atoms with Crippen molar-refractivity contribution in [2.45, 2.75) is 11.0 Å². The molecule has 0 aliphatic heterocycles. The molecule has 0 saturated carbocycles. The van der Waals surface area contributed by atoms with Crippen LogP contribution in [0.15, 0.2) is 51.1 Å². The number of hydrogen-bond acceptors (Lipinski definition) is 4. The summed E-state index contributed by atoms with van der Waals surface area (Å²) in [4.78, 5) is 0.910. The molecule has 2 N–H and O–H groups in total. The molecule has 1 aromatic heterocycles. The van der Waals surface area contributed by atoms with E-state index in [2.05, 4.69) is 20.7 Å². The minimum absolute atomic E-state index is 0.0427. The van der Waals surface area contributed by atoms with E-state index in [1.807, 2.05) is 11.4 Å². The molecule has 0 amide bonds. The SMILES string of the molecule is O=S(=O)(NCC(O)c1cccs1)c1ccc(Br)cc1. The van der Waals surface area contributed by atoms with Gasteiger partial charge >= 0.3 is 0 Å². The van der Waals surface area contributed by atoms with Crippen LogP contribution in [0, 0.1) is 0 Å². The Morgan fingerprint density at radius 3 is 2.53 bits per heavy atom. The zero-order valence-electron chi connectivity index (χ0n) is 9.78. The normalized spacial score (nSPS) is 13.4. The molecule has 19 heavy (non-hydrogen) atoms. The van der Waals surface area contributed by atoms with Crippen molar-refractivity contribution in [2.75, 3.05) is 6.54 Å². The van der Waals surface area contributed by atoms with Crippen LogP contribution in [0.2, 0.25) is 0 Å². The fourth-order valence-corrected chi connectivity index (χ4v) is 3.48. The number of aliphatic hydroxyl groups is 1. The van der Waals surface area contributed by atoms with Crippen molar-refractivity contribution in [3.05, 3.63) is 51.1 Å². The lowest BCUT2D eigenvalue weighted by atomic mass is 10.3. The molecule has 0 radical (unpaired) electrons. The zero-order valence-corrected chi connectivity index (χ0v) is 13.0. The second-order valence-electron chi connectivity index (χ2n) is 3.84. The Labute approximate surface area is 124 Å². The predicted molar refractivity (Wildman–Crippen MR) is 78.6 cm³/mol. The predicted octanol–water partition coefficient (Wildman–Crippen LogP) is 2.52. The number of halogens is 1. The first kappa shape index (κ1) is 14.7.